The molecule has 1 aliphatic rings. The zero-order valence-electron chi connectivity index (χ0n) is 15.6. The van der Waals surface area contributed by atoms with Crippen LogP contribution in [0.2, 0.25) is 0 Å². The molecule has 0 amide bonds. The highest BCUT2D eigenvalue weighted by Gasteiger charge is 2.27. The number of aliphatic hydroxyl groups is 2. The Kier molecular flexibility index (Phi) is 4.58. The molecule has 28 heavy (non-hydrogen) atoms. The second-order valence-corrected chi connectivity index (χ2v) is 6.95. The van der Waals surface area contributed by atoms with E-state index >= 15 is 0 Å². The lowest BCUT2D eigenvalue weighted by Crippen LogP contribution is -2.26. The van der Waals surface area contributed by atoms with Crippen molar-refractivity contribution >= 4 is 17.2 Å². The van der Waals surface area contributed by atoms with Gasteiger partial charge in [-0.2, -0.15) is 0 Å². The third kappa shape index (κ3) is 2.67. The van der Waals surface area contributed by atoms with Gasteiger partial charge in [0.1, 0.15) is 6.10 Å². The minimum atomic E-state index is -1.41. The summed E-state index contributed by atoms with van der Waals surface area (Å²) in [6.07, 6.45) is -1.01. The molecule has 3 heterocycles. The normalized spacial score (nSPS) is 13.4. The Balaban J connectivity index is 1.99. The quantitative estimate of drug-likeness (QED) is 0.510. The van der Waals surface area contributed by atoms with Crippen LogP contribution < -0.4 is 5.56 Å². The van der Waals surface area contributed by atoms with Gasteiger partial charge in [0.15, 0.2) is 6.29 Å². The fraction of sp³-hybridized carbons (Fsp3) is 0.286. The molecule has 0 bridgehead atoms. The molecule has 4 rings (SSSR count). The van der Waals surface area contributed by atoms with Crippen LogP contribution in [0, 0.1) is 6.92 Å². The summed E-state index contributed by atoms with van der Waals surface area (Å²) in [4.78, 5) is 28.9. The topological polar surface area (TPSA) is 102 Å². The van der Waals surface area contributed by atoms with Crippen molar-refractivity contribution in [1.29, 1.82) is 0 Å². The third-order valence-corrected chi connectivity index (χ3v) is 5.32. The van der Waals surface area contributed by atoms with Gasteiger partial charge in [-0.05, 0) is 36.2 Å². The maximum absolute atomic E-state index is 13.0. The van der Waals surface area contributed by atoms with Crippen LogP contribution in [0.4, 0.5) is 0 Å². The summed E-state index contributed by atoms with van der Waals surface area (Å²) in [6.45, 7) is 2.17. The molecule has 0 radical (unpaired) electrons. The van der Waals surface area contributed by atoms with Crippen LogP contribution in [0.1, 0.15) is 33.9 Å². The van der Waals surface area contributed by atoms with Crippen molar-refractivity contribution in [2.45, 2.75) is 32.8 Å². The minimum absolute atomic E-state index is 0.00104. The van der Waals surface area contributed by atoms with Gasteiger partial charge in [-0.1, -0.05) is 6.07 Å². The number of nitrogens with zero attached hydrogens (tertiary/aromatic N) is 2. The zero-order chi connectivity index (χ0) is 20.0. The fourth-order valence-corrected chi connectivity index (χ4v) is 3.87. The molecule has 0 saturated carbocycles. The Morgan fingerprint density at radius 3 is 2.79 bits per heavy atom. The van der Waals surface area contributed by atoms with Crippen LogP contribution in [-0.2, 0) is 29.3 Å². The Hall–Kier alpha value is -2.87. The van der Waals surface area contributed by atoms with Crippen molar-refractivity contribution in [1.82, 2.24) is 9.55 Å². The molecule has 1 aliphatic heterocycles. The third-order valence-electron chi connectivity index (χ3n) is 5.32. The van der Waals surface area contributed by atoms with Crippen LogP contribution in [0.15, 0.2) is 29.1 Å². The molecular weight excluding hydrogens is 360 g/mol. The molecule has 3 aromatic rings. The van der Waals surface area contributed by atoms with Gasteiger partial charge >= 0.3 is 0 Å². The number of rotatable bonds is 5. The maximum Gasteiger partial charge on any atom is 0.257 e. The number of hydrogen-bond acceptors (Lipinski definition) is 6. The van der Waals surface area contributed by atoms with Gasteiger partial charge in [-0.15, -0.1) is 0 Å². The van der Waals surface area contributed by atoms with Crippen molar-refractivity contribution in [2.24, 2.45) is 0 Å². The van der Waals surface area contributed by atoms with E-state index in [1.54, 1.807) is 10.6 Å². The molecule has 1 atom stereocenters. The van der Waals surface area contributed by atoms with Crippen molar-refractivity contribution < 1.29 is 19.7 Å². The molecular formula is C21H20N2O5. The van der Waals surface area contributed by atoms with E-state index < -0.39 is 6.10 Å². The number of ether oxygens (including phenoxy) is 1. The molecule has 1 aromatic carbocycles. The number of fused-ring (bicyclic) bond motifs is 4. The SMILES string of the molecule is COCc1c(C(O)C=O)cc2n(c1=O)Cc1cc3c(CO)c(C)ccc3nc1-2. The highest BCUT2D eigenvalue weighted by molar-refractivity contribution is 5.87. The summed E-state index contributed by atoms with van der Waals surface area (Å²) in [7, 11) is 1.45. The number of aldehydes is 1. The molecule has 0 aliphatic carbocycles. The van der Waals surface area contributed by atoms with Gasteiger partial charge in [0.2, 0.25) is 0 Å². The Bertz CT molecular complexity index is 1170. The number of aromatic nitrogens is 2. The Labute approximate surface area is 160 Å². The number of pyridine rings is 2. The van der Waals surface area contributed by atoms with E-state index in [1.165, 1.54) is 7.11 Å². The summed E-state index contributed by atoms with van der Waals surface area (Å²) in [5.41, 5.74) is 4.74. The number of aliphatic hydroxyl groups excluding tert-OH is 2. The average molecular weight is 380 g/mol. The van der Waals surface area contributed by atoms with Gasteiger partial charge < -0.3 is 24.3 Å². The van der Waals surface area contributed by atoms with Gasteiger partial charge in [0, 0.05) is 29.2 Å². The van der Waals surface area contributed by atoms with E-state index in [2.05, 4.69) is 0 Å². The Morgan fingerprint density at radius 2 is 2.11 bits per heavy atom. The first-order chi connectivity index (χ1) is 13.5. The number of methoxy groups -OCH3 is 1. The number of hydrogen-bond donors (Lipinski definition) is 2. The molecule has 7 heteroatoms. The molecule has 0 fully saturated rings. The lowest BCUT2D eigenvalue weighted by atomic mass is 10.00. The summed E-state index contributed by atoms with van der Waals surface area (Å²) in [6, 6.07) is 7.37. The van der Waals surface area contributed by atoms with Crippen molar-refractivity contribution in [2.75, 3.05) is 7.11 Å². The summed E-state index contributed by atoms with van der Waals surface area (Å²) in [5.74, 6) is 0. The first-order valence-electron chi connectivity index (χ1n) is 8.92. The second-order valence-electron chi connectivity index (χ2n) is 6.95. The molecule has 2 N–H and O–H groups in total. The van der Waals surface area contributed by atoms with E-state index in [1.807, 2.05) is 25.1 Å². The number of carbonyl (C=O) groups is 1. The molecule has 1 unspecified atom stereocenters. The first-order valence-corrected chi connectivity index (χ1v) is 8.92. The molecule has 0 saturated heterocycles. The van der Waals surface area contributed by atoms with Gasteiger partial charge in [0.05, 0.1) is 36.7 Å². The maximum atomic E-state index is 13.0. The van der Waals surface area contributed by atoms with Crippen molar-refractivity contribution in [3.05, 3.63) is 62.4 Å². The predicted octanol–water partition coefficient (Wildman–Crippen LogP) is 1.60. The summed E-state index contributed by atoms with van der Waals surface area (Å²) >= 11 is 0. The smallest absolute Gasteiger partial charge is 0.257 e. The van der Waals surface area contributed by atoms with Crippen LogP contribution in [0.25, 0.3) is 22.3 Å². The summed E-state index contributed by atoms with van der Waals surface area (Å²) < 4.78 is 6.68. The van der Waals surface area contributed by atoms with Gasteiger partial charge in [-0.3, -0.25) is 4.79 Å². The van der Waals surface area contributed by atoms with E-state index in [9.17, 15) is 19.8 Å². The number of benzene rings is 1. The molecule has 7 nitrogen and oxygen atoms in total. The van der Waals surface area contributed by atoms with E-state index in [4.69, 9.17) is 9.72 Å². The fourth-order valence-electron chi connectivity index (χ4n) is 3.87. The average Bonchev–Trinajstić information content (AvgIpc) is 3.05. The van der Waals surface area contributed by atoms with Crippen molar-refractivity contribution in [3.63, 3.8) is 0 Å². The van der Waals surface area contributed by atoms with Gasteiger partial charge in [-0.25, -0.2) is 4.98 Å². The monoisotopic (exact) mass is 380 g/mol. The standard InChI is InChI=1S/C21H20N2O5/c1-11-3-4-17-13(15(11)8-24)5-12-7-23-18(20(12)22-17)6-14(19(26)9-25)16(10-28-2)21(23)27/h3-6,9,19,24,26H,7-8,10H2,1-2H3. The largest absolute Gasteiger partial charge is 0.392 e. The predicted molar refractivity (Wildman–Crippen MR) is 103 cm³/mol. The van der Waals surface area contributed by atoms with E-state index in [0.29, 0.717) is 29.7 Å². The highest BCUT2D eigenvalue weighted by atomic mass is 16.5. The highest BCUT2D eigenvalue weighted by Crippen LogP contribution is 2.35. The second kappa shape index (κ2) is 6.94. The van der Waals surface area contributed by atoms with Crippen LogP contribution in [-0.4, -0.2) is 33.2 Å². The van der Waals surface area contributed by atoms with Crippen LogP contribution in [0.3, 0.4) is 0 Å². The molecule has 144 valence electrons. The van der Waals surface area contributed by atoms with E-state index in [-0.39, 0.29) is 29.9 Å². The van der Waals surface area contributed by atoms with Gasteiger partial charge in [0.25, 0.3) is 5.56 Å². The zero-order valence-corrected chi connectivity index (χ0v) is 15.6. The number of aryl methyl sites for hydroxylation is 1. The lowest BCUT2D eigenvalue weighted by molar-refractivity contribution is -0.115. The minimum Gasteiger partial charge on any atom is -0.392 e. The van der Waals surface area contributed by atoms with Crippen LogP contribution >= 0.6 is 0 Å². The Morgan fingerprint density at radius 1 is 1.32 bits per heavy atom. The first kappa shape index (κ1) is 18.5. The summed E-state index contributed by atoms with van der Waals surface area (Å²) in [5, 5.41) is 20.7. The number of carbonyl (C=O) groups excluding carboxylic acids is 1. The lowest BCUT2D eigenvalue weighted by Gasteiger charge is -2.14. The molecule has 0 spiro atoms. The van der Waals surface area contributed by atoms with Crippen molar-refractivity contribution in [3.8, 4) is 11.4 Å². The van der Waals surface area contributed by atoms with Crippen LogP contribution in [0.5, 0.6) is 0 Å². The van der Waals surface area contributed by atoms with E-state index in [0.717, 1.165) is 22.1 Å². The molecule has 2 aromatic heterocycles.